The number of nitroso groups, excluding NO2 is 1. The van der Waals surface area contributed by atoms with Crippen molar-refractivity contribution in [3.63, 3.8) is 0 Å². The van der Waals surface area contributed by atoms with Gasteiger partial charge in [-0.05, 0) is 30.3 Å². The predicted molar refractivity (Wildman–Crippen MR) is 104 cm³/mol. The first-order valence-electron chi connectivity index (χ1n) is 8.16. The zero-order chi connectivity index (χ0) is 23.6. The lowest BCUT2D eigenvalue weighted by Crippen LogP contribution is -2.18. The summed E-state index contributed by atoms with van der Waals surface area (Å²) in [5.74, 6) is -0.277. The Morgan fingerprint density at radius 1 is 1.19 bits per heavy atom. The molecule has 160 valence electrons. The molecule has 0 saturated heterocycles. The molecular weight excluding hydrogens is 418 g/mol. The molecule has 0 aromatic heterocycles. The number of rotatable bonds is 6. The maximum Gasteiger partial charge on any atom is 0.394 e. The number of non-ortho nitro benzene ring substituents is 1. The third kappa shape index (κ3) is 8.49. The average Bonchev–Trinajstić information content (AvgIpc) is 2.69. The zero-order valence-corrected chi connectivity index (χ0v) is 16.1. The second-order valence-corrected chi connectivity index (χ2v) is 5.66. The molecule has 11 nitrogen and oxygen atoms in total. The normalized spacial score (nSPS) is 9.74. The van der Waals surface area contributed by atoms with Crippen molar-refractivity contribution in [2.24, 2.45) is 5.10 Å². The number of benzene rings is 2. The number of nitro benzene ring substituents is 1. The van der Waals surface area contributed by atoms with Gasteiger partial charge in [-0.25, -0.2) is 0 Å². The molecule has 0 unspecified atom stereocenters. The number of halogens is 2. The number of anilines is 1. The Morgan fingerprint density at radius 3 is 2.23 bits per heavy atom. The number of hydrazone groups is 1. The van der Waals surface area contributed by atoms with Gasteiger partial charge in [0, 0.05) is 22.7 Å². The van der Waals surface area contributed by atoms with Crippen LogP contribution in [0.25, 0.3) is 0 Å². The highest BCUT2D eigenvalue weighted by atomic mass is 19.3. The SMILES string of the molecule is CC(F)(F)Oc1ccc(NN=C(C#N)C#N)cc1.C[N+](=O)c1cc([N+](=O)[O-])ccc1O. The van der Waals surface area contributed by atoms with E-state index in [1.165, 1.54) is 24.3 Å². The van der Waals surface area contributed by atoms with Crippen LogP contribution in [0.15, 0.2) is 47.6 Å². The lowest BCUT2D eigenvalue weighted by atomic mass is 10.2. The van der Waals surface area contributed by atoms with Crippen LogP contribution in [0.3, 0.4) is 0 Å². The van der Waals surface area contributed by atoms with E-state index in [0.717, 1.165) is 25.2 Å². The third-order valence-corrected chi connectivity index (χ3v) is 3.17. The number of phenolic OH excluding ortho intramolecular Hbond substituents is 1. The van der Waals surface area contributed by atoms with Crippen LogP contribution in [0.4, 0.5) is 25.8 Å². The van der Waals surface area contributed by atoms with Gasteiger partial charge >= 0.3 is 11.8 Å². The zero-order valence-electron chi connectivity index (χ0n) is 16.1. The minimum Gasteiger partial charge on any atom is -0.502 e. The molecule has 31 heavy (non-hydrogen) atoms. The fourth-order valence-electron chi connectivity index (χ4n) is 1.88. The van der Waals surface area contributed by atoms with Crippen LogP contribution < -0.4 is 10.2 Å². The highest BCUT2D eigenvalue weighted by Gasteiger charge is 2.22. The molecule has 0 heterocycles. The molecule has 0 atom stereocenters. The monoisotopic (exact) mass is 433 g/mol. The molecule has 0 saturated carbocycles. The van der Waals surface area contributed by atoms with E-state index in [-0.39, 0.29) is 28.6 Å². The Morgan fingerprint density at radius 2 is 1.77 bits per heavy atom. The maximum absolute atomic E-state index is 12.5. The molecule has 0 aliphatic heterocycles. The van der Waals surface area contributed by atoms with Crippen LogP contribution in [-0.4, -0.2) is 33.7 Å². The molecule has 0 aliphatic rings. The lowest BCUT2D eigenvalue weighted by Gasteiger charge is -2.12. The summed E-state index contributed by atoms with van der Waals surface area (Å²) in [5.41, 5.74) is 2.19. The minimum atomic E-state index is -3.25. The Kier molecular flexibility index (Phi) is 8.48. The Labute approximate surface area is 174 Å². The van der Waals surface area contributed by atoms with Crippen LogP contribution in [-0.2, 0) is 0 Å². The molecule has 2 N–H and O–H groups in total. The number of ether oxygens (including phenoxy) is 1. The van der Waals surface area contributed by atoms with Crippen molar-refractivity contribution in [3.8, 4) is 23.6 Å². The summed E-state index contributed by atoms with van der Waals surface area (Å²) in [6.07, 6.45) is -3.25. The number of nitriles is 2. The topological polar surface area (TPSA) is 165 Å². The fraction of sp³-hybridized carbons (Fsp3) is 0.167. The van der Waals surface area contributed by atoms with E-state index in [4.69, 9.17) is 15.6 Å². The number of alkyl halides is 2. The van der Waals surface area contributed by atoms with Gasteiger partial charge in [0.15, 0.2) is 12.8 Å². The molecule has 0 aliphatic carbocycles. The van der Waals surface area contributed by atoms with E-state index in [0.29, 0.717) is 17.4 Å². The van der Waals surface area contributed by atoms with Crippen LogP contribution in [0.1, 0.15) is 6.92 Å². The first kappa shape index (κ1) is 24.4. The lowest BCUT2D eigenvalue weighted by molar-refractivity contribution is -0.430. The number of hydrogen-bond donors (Lipinski definition) is 2. The van der Waals surface area contributed by atoms with Gasteiger partial charge in [-0.1, -0.05) is 0 Å². The van der Waals surface area contributed by atoms with Gasteiger partial charge in [0.1, 0.15) is 17.9 Å². The van der Waals surface area contributed by atoms with E-state index >= 15 is 0 Å². The Hall–Kier alpha value is -4.65. The van der Waals surface area contributed by atoms with Gasteiger partial charge < -0.3 is 9.84 Å². The van der Waals surface area contributed by atoms with E-state index in [2.05, 4.69) is 15.3 Å². The average molecular weight is 433 g/mol. The van der Waals surface area contributed by atoms with Crippen molar-refractivity contribution < 1.29 is 28.3 Å². The van der Waals surface area contributed by atoms with Gasteiger partial charge in [0.05, 0.1) is 16.7 Å². The molecule has 2 aromatic rings. The van der Waals surface area contributed by atoms with Crippen LogP contribution in [0, 0.1) is 37.7 Å². The van der Waals surface area contributed by atoms with Crippen molar-refractivity contribution in [1.82, 2.24) is 0 Å². The van der Waals surface area contributed by atoms with Crippen molar-refractivity contribution in [1.29, 1.82) is 10.5 Å². The highest BCUT2D eigenvalue weighted by molar-refractivity contribution is 6.10. The Balaban J connectivity index is 0.000000327. The van der Waals surface area contributed by atoms with Gasteiger partial charge in [0.2, 0.25) is 5.71 Å². The van der Waals surface area contributed by atoms with E-state index in [9.17, 15) is 23.8 Å². The highest BCUT2D eigenvalue weighted by Crippen LogP contribution is 2.29. The van der Waals surface area contributed by atoms with Crippen molar-refractivity contribution >= 4 is 22.8 Å². The minimum absolute atomic E-state index is 0.00202. The van der Waals surface area contributed by atoms with Crippen LogP contribution in [0.2, 0.25) is 0 Å². The summed E-state index contributed by atoms with van der Waals surface area (Å²) in [6.45, 7) is 0.634. The molecule has 0 bridgehead atoms. The molecule has 2 aromatic carbocycles. The summed E-state index contributed by atoms with van der Waals surface area (Å²) in [6, 6.07) is 11.9. The first-order chi connectivity index (χ1) is 14.5. The molecule has 13 heteroatoms. The van der Waals surface area contributed by atoms with Gasteiger partial charge in [0.25, 0.3) is 5.69 Å². The number of aromatic hydroxyl groups is 1. The summed E-state index contributed by atoms with van der Waals surface area (Å²) in [5, 5.41) is 39.8. The number of phenols is 1. The molecule has 0 amide bonds. The number of nitrogens with one attached hydrogen (secondary N) is 1. The van der Waals surface area contributed by atoms with Crippen molar-refractivity contribution in [2.75, 3.05) is 12.5 Å². The molecule has 0 spiro atoms. The van der Waals surface area contributed by atoms with E-state index in [1.54, 1.807) is 12.1 Å². The second-order valence-electron chi connectivity index (χ2n) is 5.66. The van der Waals surface area contributed by atoms with Crippen molar-refractivity contribution in [2.45, 2.75) is 13.0 Å². The standard InChI is InChI=1S/C11H8F2N4O.C7H6N2O4/c1-11(12,13)18-10-4-2-8(3-5-10)16-17-9(6-14)7-15;1-8(11)6-4-5(9(12)13)2-3-7(6)10/h2-5,16H,1H3;2-4H,1H3/p+1. The largest absolute Gasteiger partial charge is 0.502 e. The quantitative estimate of drug-likeness (QED) is 0.300. The predicted octanol–water partition coefficient (Wildman–Crippen LogP) is 3.83. The van der Waals surface area contributed by atoms with Gasteiger partial charge in [-0.15, -0.1) is 0 Å². The fourth-order valence-corrected chi connectivity index (χ4v) is 1.88. The molecule has 0 fully saturated rings. The first-order valence-corrected chi connectivity index (χ1v) is 8.16. The van der Waals surface area contributed by atoms with Crippen LogP contribution in [0.5, 0.6) is 11.5 Å². The molecule has 0 radical (unpaired) electrons. The number of nitro groups is 1. The molecule has 2 rings (SSSR count). The number of nitrogens with zero attached hydrogens (tertiary/aromatic N) is 5. The van der Waals surface area contributed by atoms with E-state index in [1.807, 2.05) is 0 Å². The number of hydrogen-bond acceptors (Lipinski definition) is 9. The summed E-state index contributed by atoms with van der Waals surface area (Å²) in [7, 11) is 1.15. The summed E-state index contributed by atoms with van der Waals surface area (Å²) < 4.78 is 29.7. The smallest absolute Gasteiger partial charge is 0.394 e. The van der Waals surface area contributed by atoms with Crippen LogP contribution >= 0.6 is 0 Å². The summed E-state index contributed by atoms with van der Waals surface area (Å²) in [4.78, 5) is 20.4. The van der Waals surface area contributed by atoms with Crippen molar-refractivity contribution in [3.05, 3.63) is 57.5 Å². The second kappa shape index (κ2) is 10.8. The maximum atomic E-state index is 12.5. The third-order valence-electron chi connectivity index (χ3n) is 3.17. The summed E-state index contributed by atoms with van der Waals surface area (Å²) >= 11 is 0. The van der Waals surface area contributed by atoms with Gasteiger partial charge in [-0.3, -0.25) is 15.5 Å². The van der Waals surface area contributed by atoms with Gasteiger partial charge in [-0.2, -0.15) is 24.4 Å². The molecular formula is C18H15F2N6O5+. The van der Waals surface area contributed by atoms with E-state index < -0.39 is 11.0 Å². The Bertz CT molecular complexity index is 1050.